The first kappa shape index (κ1) is 27.1. The lowest BCUT2D eigenvalue weighted by molar-refractivity contribution is -0.346. The van der Waals surface area contributed by atoms with Crippen molar-refractivity contribution in [1.82, 2.24) is 0 Å². The van der Waals surface area contributed by atoms with Gasteiger partial charge in [-0.15, -0.1) is 0 Å². The Hall–Kier alpha value is -1.94. The molecule has 0 heterocycles. The van der Waals surface area contributed by atoms with E-state index in [-0.39, 0.29) is 0 Å². The summed E-state index contributed by atoms with van der Waals surface area (Å²) in [6.45, 7) is 2.66. The molecule has 0 saturated heterocycles. The van der Waals surface area contributed by atoms with E-state index in [1.807, 2.05) is 0 Å². The molecule has 0 rings (SSSR count). The Morgan fingerprint density at radius 1 is 1.07 bits per heavy atom. The fraction of sp³-hybridized carbons (Fsp3) is 0.692. The molecule has 1 unspecified atom stereocenters. The van der Waals surface area contributed by atoms with Gasteiger partial charge in [0.25, 0.3) is 0 Å². The Morgan fingerprint density at radius 3 is 1.90 bits per heavy atom. The van der Waals surface area contributed by atoms with Crippen LogP contribution in [-0.2, 0) is 29.2 Å². The Kier molecular flexibility index (Phi) is 8.24. The average Bonchev–Trinajstić information content (AvgIpc) is 2.50. The monoisotopic (exact) mass is 462 g/mol. The third-order valence-electron chi connectivity index (χ3n) is 3.21. The molecular formula is C13H15F7NO7S-. The zero-order valence-electron chi connectivity index (χ0n) is 14.5. The van der Waals surface area contributed by atoms with Gasteiger partial charge < -0.3 is 19.8 Å². The number of unbranched alkanes of at least 4 members (excludes halogenated alkanes) is 1. The van der Waals surface area contributed by atoms with Crippen LogP contribution in [0, 0.1) is 0 Å². The van der Waals surface area contributed by atoms with Gasteiger partial charge in [-0.2, -0.15) is 30.7 Å². The summed E-state index contributed by atoms with van der Waals surface area (Å²) >= 11 is 0. The third-order valence-corrected chi connectivity index (χ3v) is 4.14. The maximum atomic E-state index is 13.2. The Morgan fingerprint density at radius 2 is 1.55 bits per heavy atom. The van der Waals surface area contributed by atoms with Gasteiger partial charge in [0, 0.05) is 12.0 Å². The van der Waals surface area contributed by atoms with Crippen molar-refractivity contribution < 1.29 is 62.8 Å². The highest BCUT2D eigenvalue weighted by Gasteiger charge is 2.65. The van der Waals surface area contributed by atoms with Crippen LogP contribution in [0.1, 0.15) is 26.2 Å². The number of ether oxygens (including phenoxy) is 2. The summed E-state index contributed by atoms with van der Waals surface area (Å²) in [5.74, 6) is -13.7. The molecule has 0 aliphatic heterocycles. The average molecular weight is 462 g/mol. The summed E-state index contributed by atoms with van der Waals surface area (Å²) in [6.07, 6.45) is -9.58. The number of carbonyl (C=O) groups is 2. The Bertz CT molecular complexity index is 751. The van der Waals surface area contributed by atoms with Crippen molar-refractivity contribution in [3.05, 3.63) is 12.2 Å². The van der Waals surface area contributed by atoms with Crippen LogP contribution in [-0.4, -0.2) is 54.6 Å². The van der Waals surface area contributed by atoms with E-state index in [1.54, 1.807) is 0 Å². The van der Waals surface area contributed by atoms with Gasteiger partial charge in [0.05, 0.1) is 6.61 Å². The van der Waals surface area contributed by atoms with Gasteiger partial charge in [0.15, 0.2) is 10.1 Å². The molecule has 170 valence electrons. The first-order chi connectivity index (χ1) is 12.7. The lowest BCUT2D eigenvalue weighted by Gasteiger charge is -2.32. The molecule has 1 atom stereocenters. The van der Waals surface area contributed by atoms with E-state index in [0.29, 0.717) is 0 Å². The van der Waals surface area contributed by atoms with Crippen molar-refractivity contribution in [3.8, 4) is 0 Å². The second-order valence-corrected chi connectivity index (χ2v) is 7.05. The van der Waals surface area contributed by atoms with E-state index >= 15 is 0 Å². The van der Waals surface area contributed by atoms with E-state index < -0.39 is 76.6 Å². The zero-order chi connectivity index (χ0) is 23.5. The van der Waals surface area contributed by atoms with Gasteiger partial charge in [-0.1, -0.05) is 6.58 Å². The minimum atomic E-state index is -6.72. The zero-order valence-corrected chi connectivity index (χ0v) is 15.3. The van der Waals surface area contributed by atoms with E-state index in [4.69, 9.17) is 0 Å². The molecule has 16 heteroatoms. The number of hydrogen-bond donors (Lipinski definition) is 1. The first-order valence-electron chi connectivity index (χ1n) is 7.33. The van der Waals surface area contributed by atoms with Crippen LogP contribution in [0.2, 0.25) is 0 Å². The number of nitrogens with two attached hydrogens (primary N) is 1. The number of primary amides is 1. The molecule has 8 nitrogen and oxygen atoms in total. The van der Waals surface area contributed by atoms with Crippen LogP contribution in [0.25, 0.3) is 0 Å². The van der Waals surface area contributed by atoms with Crippen LogP contribution in [0.4, 0.5) is 30.7 Å². The van der Waals surface area contributed by atoms with E-state index in [2.05, 4.69) is 21.8 Å². The molecule has 0 saturated carbocycles. The molecule has 0 radical (unpaired) electrons. The molecule has 0 aliphatic carbocycles. The van der Waals surface area contributed by atoms with E-state index in [0.717, 1.165) is 6.92 Å². The van der Waals surface area contributed by atoms with E-state index in [9.17, 15) is 53.3 Å². The predicted octanol–water partition coefficient (Wildman–Crippen LogP) is 1.81. The van der Waals surface area contributed by atoms with Gasteiger partial charge in [0.2, 0.25) is 0 Å². The van der Waals surface area contributed by atoms with Crippen LogP contribution in [0.15, 0.2) is 12.2 Å². The van der Waals surface area contributed by atoms with Gasteiger partial charge in [0.1, 0.15) is 0 Å². The molecule has 0 aromatic heterocycles. The molecule has 0 fully saturated rings. The van der Waals surface area contributed by atoms with E-state index in [1.165, 1.54) is 0 Å². The van der Waals surface area contributed by atoms with Gasteiger partial charge in [-0.05, 0) is 19.8 Å². The van der Waals surface area contributed by atoms with Crippen LogP contribution in [0.5, 0.6) is 0 Å². The van der Waals surface area contributed by atoms with Crippen LogP contribution < -0.4 is 5.73 Å². The summed E-state index contributed by atoms with van der Waals surface area (Å²) in [5.41, 5.74) is 4.00. The number of hydrogen-bond acceptors (Lipinski definition) is 7. The smallest absolute Gasteiger partial charge is 0.466 e. The fourth-order valence-corrected chi connectivity index (χ4v) is 2.11. The summed E-state index contributed by atoms with van der Waals surface area (Å²) in [5, 5.41) is -5.96. The summed E-state index contributed by atoms with van der Waals surface area (Å²) in [7, 11) is -6.72. The number of amides is 1. The third kappa shape index (κ3) is 6.02. The lowest BCUT2D eigenvalue weighted by atomic mass is 10.1. The van der Waals surface area contributed by atoms with Crippen molar-refractivity contribution >= 4 is 22.0 Å². The van der Waals surface area contributed by atoms with Crippen molar-refractivity contribution in [3.63, 3.8) is 0 Å². The largest absolute Gasteiger partial charge is 0.743 e. The first-order valence-corrected chi connectivity index (χ1v) is 8.74. The minimum absolute atomic E-state index is 0.579. The topological polar surface area (TPSA) is 136 Å². The van der Waals surface area contributed by atoms with Gasteiger partial charge in [-0.3, -0.25) is 4.79 Å². The maximum Gasteiger partial charge on any atom is 0.466 e. The van der Waals surface area contributed by atoms with Crippen molar-refractivity contribution in [2.45, 2.75) is 49.3 Å². The normalized spacial score (nSPS) is 15.5. The van der Waals surface area contributed by atoms with Crippen molar-refractivity contribution in [1.29, 1.82) is 0 Å². The van der Waals surface area contributed by atoms with Crippen molar-refractivity contribution in [2.75, 3.05) is 6.61 Å². The molecule has 0 aliphatic rings. The van der Waals surface area contributed by atoms with Crippen LogP contribution >= 0.6 is 0 Å². The molecule has 2 N–H and O–H groups in total. The number of carbonyl (C=O) groups excluding carboxylic acids is 2. The molecule has 0 aromatic rings. The summed E-state index contributed by atoms with van der Waals surface area (Å²) in [4.78, 5) is 22.6. The quantitative estimate of drug-likeness (QED) is 0.124. The maximum absolute atomic E-state index is 13.2. The number of rotatable bonds is 11. The minimum Gasteiger partial charge on any atom is -0.743 e. The lowest BCUT2D eigenvalue weighted by Crippen LogP contribution is -2.60. The predicted molar refractivity (Wildman–Crippen MR) is 78.3 cm³/mol. The van der Waals surface area contributed by atoms with Crippen molar-refractivity contribution in [2.24, 2.45) is 5.73 Å². The SMILES string of the molecule is C=C(C)C(=O)OC(OCCCCC(F)(F)C(F)(F)S(=O)(=O)[O-])(C(N)=O)C(F)(F)F. The fourth-order valence-electron chi connectivity index (χ4n) is 1.64. The summed E-state index contributed by atoms with van der Waals surface area (Å²) in [6, 6.07) is 0. The second kappa shape index (κ2) is 8.83. The number of halogens is 7. The standard InChI is InChI=1S/C13H16F7NO7S/c1-7(2)8(22)28-11(9(21)23,12(16,17)18)27-6-4-3-5-10(14,15)13(19,20)29(24,25)26/h1,3-6H2,2H3,(H2,21,23)(H,24,25,26)/p-1. The molecule has 1 amide bonds. The summed E-state index contributed by atoms with van der Waals surface area (Å²) < 4.78 is 131. The number of alkyl halides is 7. The molecule has 0 spiro atoms. The Labute approximate surface area is 159 Å². The molecule has 29 heavy (non-hydrogen) atoms. The number of esters is 1. The molecular weight excluding hydrogens is 447 g/mol. The molecule has 0 bridgehead atoms. The highest BCUT2D eigenvalue weighted by Crippen LogP contribution is 2.42. The molecule has 0 aromatic carbocycles. The second-order valence-electron chi connectivity index (χ2n) is 5.63. The van der Waals surface area contributed by atoms with Crippen LogP contribution in [0.3, 0.4) is 0 Å². The van der Waals surface area contributed by atoms with Gasteiger partial charge >= 0.3 is 35.0 Å². The Balaban J connectivity index is 5.22. The van der Waals surface area contributed by atoms with Gasteiger partial charge in [-0.25, -0.2) is 13.2 Å². The highest BCUT2D eigenvalue weighted by atomic mass is 32.2. The highest BCUT2D eigenvalue weighted by molar-refractivity contribution is 7.86.